The first-order chi connectivity index (χ1) is 23.7. The second-order valence-electron chi connectivity index (χ2n) is 17.3. The molecule has 10 nitrogen and oxygen atoms in total. The first-order valence-electron chi connectivity index (χ1n) is 18.0. The molecular formula is C40H44O10. The van der Waals surface area contributed by atoms with Gasteiger partial charge in [-0.15, -0.1) is 0 Å². The van der Waals surface area contributed by atoms with Gasteiger partial charge in [0.1, 0.15) is 24.0 Å². The van der Waals surface area contributed by atoms with Gasteiger partial charge in [-0.05, 0) is 84.7 Å². The number of hydrogen-bond donors (Lipinski definition) is 0. The van der Waals surface area contributed by atoms with Crippen molar-refractivity contribution in [1.29, 1.82) is 0 Å². The monoisotopic (exact) mass is 684 g/mol. The highest BCUT2D eigenvalue weighted by molar-refractivity contribution is 6.19. The Kier molecular flexibility index (Phi) is 6.54. The van der Waals surface area contributed by atoms with Crippen molar-refractivity contribution in [3.63, 3.8) is 0 Å². The van der Waals surface area contributed by atoms with E-state index in [4.69, 9.17) is 28.4 Å². The van der Waals surface area contributed by atoms with E-state index in [1.54, 1.807) is 12.1 Å². The molecular weight excluding hydrogens is 640 g/mol. The average Bonchev–Trinajstić information content (AvgIpc) is 3.89. The second kappa shape index (κ2) is 10.3. The maximum Gasteiger partial charge on any atom is 0.318 e. The largest absolute Gasteiger partial charge is 0.461 e. The van der Waals surface area contributed by atoms with Crippen LogP contribution in [-0.4, -0.2) is 49.3 Å². The first-order valence-corrected chi connectivity index (χ1v) is 18.0. The van der Waals surface area contributed by atoms with Crippen LogP contribution in [0.15, 0.2) is 36.4 Å². The predicted molar refractivity (Wildman–Crippen MR) is 177 cm³/mol. The lowest BCUT2D eigenvalue weighted by molar-refractivity contribution is -0.187. The number of hydrogen-bond acceptors (Lipinski definition) is 10. The fourth-order valence-electron chi connectivity index (χ4n) is 11.8. The molecule has 0 unspecified atom stereocenters. The molecule has 9 rings (SSSR count). The third-order valence-corrected chi connectivity index (χ3v) is 15.3. The number of fused-ring (bicyclic) bond motifs is 13. The molecule has 2 aromatic rings. The summed E-state index contributed by atoms with van der Waals surface area (Å²) in [5.41, 5.74) is -0.880. The Labute approximate surface area is 291 Å². The van der Waals surface area contributed by atoms with E-state index in [-0.39, 0.29) is 70.0 Å². The molecule has 10 heteroatoms. The average molecular weight is 685 g/mol. The summed E-state index contributed by atoms with van der Waals surface area (Å²) in [6.07, 6.45) is 2.71. The fourth-order valence-corrected chi connectivity index (χ4v) is 11.8. The van der Waals surface area contributed by atoms with Crippen molar-refractivity contribution in [3.05, 3.63) is 47.5 Å². The number of ketones is 2. The van der Waals surface area contributed by atoms with Gasteiger partial charge in [-0.2, -0.15) is 0 Å². The van der Waals surface area contributed by atoms with E-state index in [9.17, 15) is 19.2 Å². The summed E-state index contributed by atoms with van der Waals surface area (Å²) in [5.74, 6) is -4.83. The zero-order valence-corrected chi connectivity index (χ0v) is 29.4. The molecule has 3 aliphatic heterocycles. The Balaban J connectivity index is 1.22. The number of rotatable bonds is 4. The van der Waals surface area contributed by atoms with Gasteiger partial charge in [0.15, 0.2) is 34.6 Å². The summed E-state index contributed by atoms with van der Waals surface area (Å²) in [6, 6.07) is 9.21. The SMILES string of the molecule is CC1(C)[C@@H]2CC[C@@]1(C)[C@@H]1OC(=O)[C@@H](C(=O)c3ccc4c(c3)OCO4)[C@H](C(=O)c3ccc4c(c3)OCO4)C(=O)O[C@@H]3[C@H]([C@H]21)[C@H]1CC[C@]3(C)C1(C)C. The molecule has 2 aromatic carbocycles. The fraction of sp³-hybridized carbons (Fsp3) is 0.600. The molecule has 4 aliphatic carbocycles. The lowest BCUT2D eigenvalue weighted by atomic mass is 9.65. The number of ether oxygens (including phenoxy) is 6. The van der Waals surface area contributed by atoms with Crippen LogP contribution in [0.25, 0.3) is 0 Å². The smallest absolute Gasteiger partial charge is 0.318 e. The molecule has 1 saturated heterocycles. The molecule has 5 fully saturated rings. The maximum absolute atomic E-state index is 14.9. The van der Waals surface area contributed by atoms with Gasteiger partial charge in [-0.25, -0.2) is 0 Å². The highest BCUT2D eigenvalue weighted by Gasteiger charge is 2.77. The summed E-state index contributed by atoms with van der Waals surface area (Å²) >= 11 is 0. The van der Waals surface area contributed by atoms with Crippen LogP contribution in [0.4, 0.5) is 0 Å². The molecule has 0 spiro atoms. The normalized spacial score (nSPS) is 39.4. The number of carbonyl (C=O) groups excluding carboxylic acids is 4. The van der Waals surface area contributed by atoms with Crippen LogP contribution in [0, 0.1) is 57.2 Å². The molecule has 7 aliphatic rings. The number of carbonyl (C=O) groups is 4. The highest BCUT2D eigenvalue weighted by atomic mass is 16.7. The summed E-state index contributed by atoms with van der Waals surface area (Å²) in [6.45, 7) is 13.5. The number of Topliss-reactive ketones (excluding diaryl/α,β-unsaturated/α-hetero) is 2. The lowest BCUT2D eigenvalue weighted by Crippen LogP contribution is -2.54. The van der Waals surface area contributed by atoms with Crippen molar-refractivity contribution in [3.8, 4) is 23.0 Å². The Morgan fingerprint density at radius 1 is 0.580 bits per heavy atom. The predicted octanol–water partition coefficient (Wildman–Crippen LogP) is 6.42. The lowest BCUT2D eigenvalue weighted by Gasteiger charge is -2.47. The Morgan fingerprint density at radius 3 is 1.36 bits per heavy atom. The van der Waals surface area contributed by atoms with E-state index >= 15 is 0 Å². The van der Waals surface area contributed by atoms with Gasteiger partial charge < -0.3 is 28.4 Å². The van der Waals surface area contributed by atoms with Crippen molar-refractivity contribution in [2.45, 2.75) is 79.4 Å². The molecule has 0 N–H and O–H groups in total. The van der Waals surface area contributed by atoms with Crippen LogP contribution in [-0.2, 0) is 19.1 Å². The highest BCUT2D eigenvalue weighted by Crippen LogP contribution is 2.77. The minimum atomic E-state index is -1.80. The van der Waals surface area contributed by atoms with Crippen molar-refractivity contribution >= 4 is 23.5 Å². The Bertz CT molecular complexity index is 1730. The third kappa shape index (κ3) is 3.91. The van der Waals surface area contributed by atoms with Gasteiger partial charge in [0.25, 0.3) is 0 Å². The molecule has 3 heterocycles. The van der Waals surface area contributed by atoms with Crippen LogP contribution < -0.4 is 18.9 Å². The Hall–Kier alpha value is -4.08. The van der Waals surface area contributed by atoms with Crippen molar-refractivity contribution in [2.24, 2.45) is 57.2 Å². The number of benzene rings is 2. The van der Waals surface area contributed by atoms with Crippen LogP contribution in [0.5, 0.6) is 23.0 Å². The van der Waals surface area contributed by atoms with Gasteiger partial charge in [-0.1, -0.05) is 41.5 Å². The van der Waals surface area contributed by atoms with Crippen LogP contribution in [0.1, 0.15) is 87.9 Å². The zero-order valence-electron chi connectivity index (χ0n) is 29.4. The quantitative estimate of drug-likeness (QED) is 0.202. The summed E-state index contributed by atoms with van der Waals surface area (Å²) < 4.78 is 35.4. The maximum atomic E-state index is 14.9. The van der Waals surface area contributed by atoms with Crippen molar-refractivity contribution in [2.75, 3.05) is 13.6 Å². The second-order valence-corrected chi connectivity index (χ2v) is 17.3. The number of esters is 2. The van der Waals surface area contributed by atoms with E-state index in [0.29, 0.717) is 23.0 Å². The van der Waals surface area contributed by atoms with Gasteiger partial charge in [0, 0.05) is 33.8 Å². The van der Waals surface area contributed by atoms with Gasteiger partial charge in [-0.3, -0.25) is 19.2 Å². The van der Waals surface area contributed by atoms with E-state index in [2.05, 4.69) is 41.5 Å². The van der Waals surface area contributed by atoms with E-state index in [0.717, 1.165) is 25.7 Å². The summed E-state index contributed by atoms with van der Waals surface area (Å²) in [5, 5.41) is 0. The molecule has 50 heavy (non-hydrogen) atoms. The summed E-state index contributed by atoms with van der Waals surface area (Å²) in [4.78, 5) is 59.2. The topological polar surface area (TPSA) is 124 Å². The molecule has 4 bridgehead atoms. The molecule has 0 radical (unpaired) electrons. The van der Waals surface area contributed by atoms with E-state index in [1.807, 2.05) is 0 Å². The minimum Gasteiger partial charge on any atom is -0.461 e. The Morgan fingerprint density at radius 2 is 0.960 bits per heavy atom. The van der Waals surface area contributed by atoms with Gasteiger partial charge in [0.05, 0.1) is 0 Å². The minimum absolute atomic E-state index is 0.00668. The standard InChI is InChI=1S/C40H44O10/c1-37(2)21-11-13-39(37,5)33-27(21)28-22-12-14-40(6,38(22,3)4)34(28)50-36(44)30(32(42)20-8-10-24-26(16-20)48-18-46-24)29(35(43)49-33)31(41)19-7-9-23-25(15-19)47-17-45-23/h7-10,15-16,21-22,27-30,33-34H,11-14,17-18H2,1-6H3/t21-,22-,27+,28+,29-,30-,33-,34-,39+,40+/m1/s1. The molecule has 10 atom stereocenters. The van der Waals surface area contributed by atoms with Crippen molar-refractivity contribution in [1.82, 2.24) is 0 Å². The zero-order chi connectivity index (χ0) is 35.1. The van der Waals surface area contributed by atoms with Crippen molar-refractivity contribution < 1.29 is 47.6 Å². The van der Waals surface area contributed by atoms with Gasteiger partial charge in [0.2, 0.25) is 13.6 Å². The van der Waals surface area contributed by atoms with Crippen LogP contribution in [0.3, 0.4) is 0 Å². The molecule has 0 aromatic heterocycles. The molecule has 0 amide bonds. The first kappa shape index (κ1) is 31.9. The van der Waals surface area contributed by atoms with Crippen LogP contribution in [0.2, 0.25) is 0 Å². The van der Waals surface area contributed by atoms with E-state index < -0.39 is 47.5 Å². The summed E-state index contributed by atoms with van der Waals surface area (Å²) in [7, 11) is 0. The molecule has 264 valence electrons. The third-order valence-electron chi connectivity index (χ3n) is 15.3. The van der Waals surface area contributed by atoms with Crippen LogP contribution >= 0.6 is 0 Å². The van der Waals surface area contributed by atoms with E-state index in [1.165, 1.54) is 24.3 Å². The van der Waals surface area contributed by atoms with Gasteiger partial charge >= 0.3 is 11.9 Å². The molecule has 4 saturated carbocycles.